The first kappa shape index (κ1) is 14.2. The Hall–Kier alpha value is -2.20. The fourth-order valence-corrected chi connectivity index (χ4v) is 2.77. The van der Waals surface area contributed by atoms with Gasteiger partial charge in [0.1, 0.15) is 5.69 Å². The number of nitrogens with two attached hydrogens (primary N) is 1. The number of hydrogen-bond acceptors (Lipinski definition) is 8. The zero-order valence-electron chi connectivity index (χ0n) is 9.98. The summed E-state index contributed by atoms with van der Waals surface area (Å²) < 4.78 is 0.570. The van der Waals surface area contributed by atoms with Crippen LogP contribution in [0.5, 0.6) is 0 Å². The summed E-state index contributed by atoms with van der Waals surface area (Å²) in [6, 6.07) is 5.95. The van der Waals surface area contributed by atoms with Crippen LogP contribution in [0.1, 0.15) is 0 Å². The van der Waals surface area contributed by atoms with Gasteiger partial charge in [-0.05, 0) is 6.07 Å². The van der Waals surface area contributed by atoms with Gasteiger partial charge >= 0.3 is 0 Å². The molecule has 8 nitrogen and oxygen atoms in total. The SMILES string of the molecule is Nc1nnc(SCC(=O)Nc2ccccc2[N+](=O)[O-])s1. The number of hydrogen-bond donors (Lipinski definition) is 2. The van der Waals surface area contributed by atoms with Crippen LogP contribution in [-0.2, 0) is 4.79 Å². The van der Waals surface area contributed by atoms with Gasteiger partial charge in [-0.25, -0.2) is 0 Å². The van der Waals surface area contributed by atoms with Gasteiger partial charge in [-0.3, -0.25) is 14.9 Å². The Bertz CT molecular complexity index is 645. The molecule has 2 rings (SSSR count). The third-order valence-electron chi connectivity index (χ3n) is 2.12. The Labute approximate surface area is 121 Å². The van der Waals surface area contributed by atoms with Crippen LogP contribution in [0.15, 0.2) is 28.6 Å². The molecule has 0 radical (unpaired) electrons. The molecule has 0 aliphatic heterocycles. The third-order valence-corrected chi connectivity index (χ3v) is 4.01. The van der Waals surface area contributed by atoms with E-state index in [1.165, 1.54) is 41.3 Å². The van der Waals surface area contributed by atoms with E-state index in [2.05, 4.69) is 15.5 Å². The molecule has 0 unspecified atom stereocenters. The van der Waals surface area contributed by atoms with Gasteiger partial charge in [0.05, 0.1) is 10.7 Å². The van der Waals surface area contributed by atoms with Crippen molar-refractivity contribution >= 4 is 45.5 Å². The number of para-hydroxylation sites is 2. The summed E-state index contributed by atoms with van der Waals surface area (Å²) in [6.07, 6.45) is 0. The number of carbonyl (C=O) groups excluding carboxylic acids is 1. The standard InChI is InChI=1S/C10H9N5O3S2/c11-9-13-14-10(20-9)19-5-8(16)12-6-3-1-2-4-7(6)15(17)18/h1-4H,5H2,(H2,11,13)(H,12,16). The van der Waals surface area contributed by atoms with E-state index < -0.39 is 4.92 Å². The lowest BCUT2D eigenvalue weighted by atomic mass is 10.2. The second-order valence-electron chi connectivity index (χ2n) is 3.52. The summed E-state index contributed by atoms with van der Waals surface area (Å²) in [5.41, 5.74) is 5.44. The Morgan fingerprint density at radius 2 is 2.20 bits per heavy atom. The molecule has 10 heteroatoms. The van der Waals surface area contributed by atoms with Crippen molar-refractivity contribution in [3.8, 4) is 0 Å². The van der Waals surface area contributed by atoms with Crippen LogP contribution in [0.4, 0.5) is 16.5 Å². The van der Waals surface area contributed by atoms with E-state index in [-0.39, 0.29) is 23.0 Å². The highest BCUT2D eigenvalue weighted by atomic mass is 32.2. The molecule has 1 amide bonds. The van der Waals surface area contributed by atoms with E-state index in [1.54, 1.807) is 6.07 Å². The Balaban J connectivity index is 1.96. The number of aromatic nitrogens is 2. The maximum atomic E-state index is 11.7. The molecule has 0 saturated heterocycles. The van der Waals surface area contributed by atoms with Crippen LogP contribution in [0.2, 0.25) is 0 Å². The van der Waals surface area contributed by atoms with Crippen molar-refractivity contribution in [2.45, 2.75) is 4.34 Å². The predicted octanol–water partition coefficient (Wildman–Crippen LogP) is 1.76. The number of carbonyl (C=O) groups is 1. The van der Waals surface area contributed by atoms with Gasteiger partial charge in [-0.15, -0.1) is 10.2 Å². The van der Waals surface area contributed by atoms with E-state index in [0.717, 1.165) is 0 Å². The summed E-state index contributed by atoms with van der Waals surface area (Å²) in [7, 11) is 0. The molecule has 20 heavy (non-hydrogen) atoms. The van der Waals surface area contributed by atoms with Crippen molar-refractivity contribution in [3.63, 3.8) is 0 Å². The van der Waals surface area contributed by atoms with Crippen molar-refractivity contribution in [1.29, 1.82) is 0 Å². The highest BCUT2D eigenvalue weighted by Gasteiger charge is 2.15. The summed E-state index contributed by atoms with van der Waals surface area (Å²) in [6.45, 7) is 0. The van der Waals surface area contributed by atoms with E-state index in [1.807, 2.05) is 0 Å². The fourth-order valence-electron chi connectivity index (χ4n) is 1.33. The second kappa shape index (κ2) is 6.30. The Morgan fingerprint density at radius 3 is 2.85 bits per heavy atom. The number of amides is 1. The molecule has 0 saturated carbocycles. The van der Waals surface area contributed by atoms with Gasteiger partial charge in [-0.2, -0.15) is 0 Å². The number of rotatable bonds is 5. The zero-order valence-corrected chi connectivity index (χ0v) is 11.6. The highest BCUT2D eigenvalue weighted by molar-refractivity contribution is 8.01. The van der Waals surface area contributed by atoms with Crippen molar-refractivity contribution < 1.29 is 9.72 Å². The van der Waals surface area contributed by atoms with Crippen LogP contribution >= 0.6 is 23.1 Å². The van der Waals surface area contributed by atoms with Crippen molar-refractivity contribution in [1.82, 2.24) is 10.2 Å². The van der Waals surface area contributed by atoms with E-state index >= 15 is 0 Å². The van der Waals surface area contributed by atoms with Gasteiger partial charge in [0.2, 0.25) is 11.0 Å². The van der Waals surface area contributed by atoms with E-state index in [4.69, 9.17) is 5.73 Å². The molecule has 2 aromatic rings. The number of nitro groups is 1. The first-order valence-corrected chi connectivity index (χ1v) is 7.11. The molecule has 1 aromatic heterocycles. The first-order chi connectivity index (χ1) is 9.56. The van der Waals surface area contributed by atoms with Crippen molar-refractivity contribution in [3.05, 3.63) is 34.4 Å². The minimum atomic E-state index is -0.547. The molecule has 0 aliphatic rings. The average Bonchev–Trinajstić information content (AvgIpc) is 2.83. The average molecular weight is 311 g/mol. The van der Waals surface area contributed by atoms with Crippen LogP contribution in [0, 0.1) is 10.1 Å². The predicted molar refractivity (Wildman–Crippen MR) is 76.8 cm³/mol. The number of nitrogens with zero attached hydrogens (tertiary/aromatic N) is 3. The molecule has 0 bridgehead atoms. The van der Waals surface area contributed by atoms with E-state index in [0.29, 0.717) is 9.47 Å². The smallest absolute Gasteiger partial charge is 0.292 e. The molecular weight excluding hydrogens is 302 g/mol. The minimum absolute atomic E-state index is 0.0701. The highest BCUT2D eigenvalue weighted by Crippen LogP contribution is 2.25. The molecule has 0 aliphatic carbocycles. The minimum Gasteiger partial charge on any atom is -0.374 e. The van der Waals surface area contributed by atoms with Gasteiger partial charge in [0.25, 0.3) is 5.69 Å². The maximum absolute atomic E-state index is 11.7. The van der Waals surface area contributed by atoms with Crippen LogP contribution in [-0.4, -0.2) is 26.8 Å². The van der Waals surface area contributed by atoms with Crippen LogP contribution in [0.3, 0.4) is 0 Å². The summed E-state index contributed by atoms with van der Waals surface area (Å²) in [5.74, 6) is -0.293. The third kappa shape index (κ3) is 3.65. The Morgan fingerprint density at radius 1 is 1.45 bits per heavy atom. The summed E-state index contributed by atoms with van der Waals surface area (Å²) in [5, 5.41) is 21.0. The molecule has 104 valence electrons. The molecular formula is C10H9N5O3S2. The number of thioether (sulfide) groups is 1. The van der Waals surface area contributed by atoms with Crippen LogP contribution < -0.4 is 11.1 Å². The number of benzene rings is 1. The number of nitrogen functional groups attached to an aromatic ring is 1. The second-order valence-corrected chi connectivity index (χ2v) is 5.75. The largest absolute Gasteiger partial charge is 0.374 e. The van der Waals surface area contributed by atoms with Gasteiger partial charge in [0, 0.05) is 6.07 Å². The van der Waals surface area contributed by atoms with Gasteiger partial charge in [0.15, 0.2) is 4.34 Å². The molecule has 0 atom stereocenters. The lowest BCUT2D eigenvalue weighted by Gasteiger charge is -2.04. The van der Waals surface area contributed by atoms with Gasteiger partial charge in [-0.1, -0.05) is 35.2 Å². The molecule has 3 N–H and O–H groups in total. The topological polar surface area (TPSA) is 124 Å². The van der Waals surface area contributed by atoms with Crippen LogP contribution in [0.25, 0.3) is 0 Å². The molecule has 1 aromatic carbocycles. The lowest BCUT2D eigenvalue weighted by molar-refractivity contribution is -0.383. The number of nitrogens with one attached hydrogen (secondary N) is 1. The normalized spacial score (nSPS) is 10.2. The Kier molecular flexibility index (Phi) is 4.48. The fraction of sp³-hybridized carbons (Fsp3) is 0.100. The van der Waals surface area contributed by atoms with Gasteiger partial charge < -0.3 is 11.1 Å². The van der Waals surface area contributed by atoms with Crippen molar-refractivity contribution in [2.24, 2.45) is 0 Å². The number of nitro benzene ring substituents is 1. The van der Waals surface area contributed by atoms with Crippen molar-refractivity contribution in [2.75, 3.05) is 16.8 Å². The molecule has 0 fully saturated rings. The monoisotopic (exact) mass is 311 g/mol. The molecule has 1 heterocycles. The number of anilines is 2. The lowest BCUT2D eigenvalue weighted by Crippen LogP contribution is -2.15. The zero-order chi connectivity index (χ0) is 14.5. The summed E-state index contributed by atoms with van der Waals surface area (Å²) >= 11 is 2.34. The van der Waals surface area contributed by atoms with E-state index in [9.17, 15) is 14.9 Å². The maximum Gasteiger partial charge on any atom is 0.292 e. The first-order valence-electron chi connectivity index (χ1n) is 5.31. The molecule has 0 spiro atoms. The quantitative estimate of drug-likeness (QED) is 0.489. The summed E-state index contributed by atoms with van der Waals surface area (Å²) in [4.78, 5) is 22.0.